The van der Waals surface area contributed by atoms with Crippen LogP contribution in [0.2, 0.25) is 0 Å². The molecular formula is C20H17F3N4O4S2. The van der Waals surface area contributed by atoms with Crippen molar-refractivity contribution in [2.24, 2.45) is 0 Å². The van der Waals surface area contributed by atoms with Gasteiger partial charge in [0.05, 0.1) is 22.5 Å². The summed E-state index contributed by atoms with van der Waals surface area (Å²) in [6.07, 6.45) is -5.85. The van der Waals surface area contributed by atoms with Gasteiger partial charge in [-0.1, -0.05) is 23.5 Å². The molecule has 1 atom stereocenters. The smallest absolute Gasteiger partial charge is 0.409 e. The Bertz CT molecular complexity index is 1210. The number of nitrogens with one attached hydrogen (secondary N) is 1. The first-order valence-corrected chi connectivity index (χ1v) is 11.2. The lowest BCUT2D eigenvalue weighted by atomic mass is 10.1. The Morgan fingerprint density at radius 2 is 2.00 bits per heavy atom. The van der Waals surface area contributed by atoms with Gasteiger partial charge in [-0.3, -0.25) is 14.5 Å². The average molecular weight is 499 g/mol. The summed E-state index contributed by atoms with van der Waals surface area (Å²) in [6, 6.07) is 4.83. The van der Waals surface area contributed by atoms with E-state index in [9.17, 15) is 27.6 Å². The van der Waals surface area contributed by atoms with Gasteiger partial charge in [-0.05, 0) is 18.2 Å². The highest BCUT2D eigenvalue weighted by Gasteiger charge is 2.49. The van der Waals surface area contributed by atoms with E-state index in [0.717, 1.165) is 21.2 Å². The van der Waals surface area contributed by atoms with Crippen LogP contribution in [0.3, 0.4) is 0 Å². The lowest BCUT2D eigenvalue weighted by Gasteiger charge is -2.31. The second kappa shape index (κ2) is 8.63. The Kier molecular flexibility index (Phi) is 6.01. The number of amides is 2. The van der Waals surface area contributed by atoms with E-state index >= 15 is 0 Å². The molecule has 1 N–H and O–H groups in total. The number of benzene rings is 1. The average Bonchev–Trinajstić information content (AvgIpc) is 3.27. The Morgan fingerprint density at radius 3 is 2.67 bits per heavy atom. The number of ether oxygens (including phenoxy) is 1. The first kappa shape index (κ1) is 23.0. The minimum absolute atomic E-state index is 0.0650. The molecule has 1 aliphatic heterocycles. The summed E-state index contributed by atoms with van der Waals surface area (Å²) in [6.45, 7) is -0.921. The Labute approximate surface area is 193 Å². The maximum absolute atomic E-state index is 13.7. The zero-order chi connectivity index (χ0) is 23.9. The first-order valence-electron chi connectivity index (χ1n) is 9.57. The fraction of sp³-hybridized carbons (Fsp3) is 0.300. The SMILES string of the molecule is CN(C)c1nc2sc(C(=O)OCC(=O)N3c4ccccc4NC(=O)CC3C(F)(F)F)cc2s1. The molecule has 0 radical (unpaired) electrons. The number of esters is 1. The number of carbonyl (C=O) groups excluding carboxylic acids is 3. The molecule has 0 bridgehead atoms. The van der Waals surface area contributed by atoms with Gasteiger partial charge in [-0.2, -0.15) is 13.2 Å². The van der Waals surface area contributed by atoms with Gasteiger partial charge in [0.25, 0.3) is 5.91 Å². The van der Waals surface area contributed by atoms with Gasteiger partial charge >= 0.3 is 12.1 Å². The first-order chi connectivity index (χ1) is 15.5. The number of nitrogens with zero attached hydrogens (tertiary/aromatic N) is 3. The van der Waals surface area contributed by atoms with Crippen molar-refractivity contribution in [1.82, 2.24) is 4.98 Å². The van der Waals surface area contributed by atoms with E-state index in [1.165, 1.54) is 35.6 Å². The van der Waals surface area contributed by atoms with Crippen molar-refractivity contribution in [2.75, 3.05) is 35.8 Å². The molecule has 1 unspecified atom stereocenters. The zero-order valence-electron chi connectivity index (χ0n) is 17.3. The molecule has 0 aliphatic carbocycles. The van der Waals surface area contributed by atoms with E-state index in [4.69, 9.17) is 4.74 Å². The highest BCUT2D eigenvalue weighted by atomic mass is 32.1. The zero-order valence-corrected chi connectivity index (χ0v) is 18.9. The third kappa shape index (κ3) is 4.64. The number of hydrogen-bond donors (Lipinski definition) is 1. The lowest BCUT2D eigenvalue weighted by molar-refractivity contribution is -0.158. The second-order valence-electron chi connectivity index (χ2n) is 7.34. The van der Waals surface area contributed by atoms with Crippen molar-refractivity contribution in [2.45, 2.75) is 18.6 Å². The summed E-state index contributed by atoms with van der Waals surface area (Å²) in [5.74, 6) is -2.81. The number of thiophene rings is 1. The maximum Gasteiger partial charge on any atom is 0.409 e. The van der Waals surface area contributed by atoms with Crippen LogP contribution in [0.4, 0.5) is 29.7 Å². The number of hydrogen-bond acceptors (Lipinski definition) is 8. The number of thiazole rings is 1. The highest BCUT2D eigenvalue weighted by molar-refractivity contribution is 7.29. The number of para-hydroxylation sites is 2. The predicted molar refractivity (Wildman–Crippen MR) is 119 cm³/mol. The van der Waals surface area contributed by atoms with Gasteiger partial charge in [0.15, 0.2) is 11.7 Å². The molecule has 0 saturated carbocycles. The van der Waals surface area contributed by atoms with Crippen molar-refractivity contribution >= 4 is 66.5 Å². The van der Waals surface area contributed by atoms with Crippen LogP contribution >= 0.6 is 22.7 Å². The predicted octanol–water partition coefficient (Wildman–Crippen LogP) is 3.89. The molecule has 0 spiro atoms. The van der Waals surface area contributed by atoms with Gasteiger partial charge in [-0.15, -0.1) is 11.3 Å². The molecule has 13 heteroatoms. The van der Waals surface area contributed by atoms with Crippen LogP contribution in [0, 0.1) is 0 Å². The fourth-order valence-corrected chi connectivity index (χ4v) is 5.31. The van der Waals surface area contributed by atoms with Crippen molar-refractivity contribution in [1.29, 1.82) is 0 Å². The minimum atomic E-state index is -4.87. The van der Waals surface area contributed by atoms with Crippen LogP contribution in [-0.2, 0) is 14.3 Å². The third-order valence-corrected chi connectivity index (χ3v) is 7.07. The summed E-state index contributed by atoms with van der Waals surface area (Å²) in [5.41, 5.74) is -0.0565. The van der Waals surface area contributed by atoms with Crippen LogP contribution in [0.1, 0.15) is 16.1 Å². The van der Waals surface area contributed by atoms with Crippen LogP contribution in [0.5, 0.6) is 0 Å². The summed E-state index contributed by atoms with van der Waals surface area (Å²) in [4.78, 5) is 44.8. The van der Waals surface area contributed by atoms with E-state index in [-0.39, 0.29) is 16.3 Å². The molecule has 2 aromatic heterocycles. The molecule has 0 saturated heterocycles. The number of carbonyl (C=O) groups is 3. The summed E-state index contributed by atoms with van der Waals surface area (Å²) < 4.78 is 47.0. The van der Waals surface area contributed by atoms with Crippen molar-refractivity contribution in [3.8, 4) is 0 Å². The molecule has 3 aromatic rings. The van der Waals surface area contributed by atoms with E-state index in [2.05, 4.69) is 10.3 Å². The van der Waals surface area contributed by atoms with E-state index < -0.39 is 43.0 Å². The molecule has 0 fully saturated rings. The topological polar surface area (TPSA) is 91.8 Å². The monoisotopic (exact) mass is 498 g/mol. The minimum Gasteiger partial charge on any atom is -0.451 e. The fourth-order valence-electron chi connectivity index (χ4n) is 3.28. The molecule has 3 heterocycles. The van der Waals surface area contributed by atoms with Gasteiger partial charge in [-0.25, -0.2) is 9.78 Å². The number of rotatable bonds is 4. The molecule has 33 heavy (non-hydrogen) atoms. The van der Waals surface area contributed by atoms with Gasteiger partial charge in [0.1, 0.15) is 15.7 Å². The van der Waals surface area contributed by atoms with E-state index in [1.54, 1.807) is 6.07 Å². The highest BCUT2D eigenvalue weighted by Crippen LogP contribution is 2.38. The molecule has 8 nitrogen and oxygen atoms in total. The van der Waals surface area contributed by atoms with Crippen LogP contribution in [0.15, 0.2) is 30.3 Å². The molecule has 1 aliphatic rings. The van der Waals surface area contributed by atoms with Gasteiger partial charge in [0, 0.05) is 14.1 Å². The number of alkyl halides is 3. The number of halogens is 3. The van der Waals surface area contributed by atoms with Crippen molar-refractivity contribution in [3.05, 3.63) is 35.2 Å². The summed E-state index contributed by atoms with van der Waals surface area (Å²) in [7, 11) is 3.67. The van der Waals surface area contributed by atoms with Gasteiger partial charge < -0.3 is 15.0 Å². The second-order valence-corrected chi connectivity index (χ2v) is 9.38. The van der Waals surface area contributed by atoms with Crippen molar-refractivity contribution < 1.29 is 32.3 Å². The number of anilines is 3. The Hall–Kier alpha value is -3.19. The Morgan fingerprint density at radius 1 is 1.27 bits per heavy atom. The van der Waals surface area contributed by atoms with Crippen LogP contribution < -0.4 is 15.1 Å². The molecule has 2 amide bonds. The van der Waals surface area contributed by atoms with E-state index in [1.807, 2.05) is 19.0 Å². The molecular weight excluding hydrogens is 481 g/mol. The number of aromatic nitrogens is 1. The molecule has 174 valence electrons. The van der Waals surface area contributed by atoms with Crippen molar-refractivity contribution in [3.63, 3.8) is 0 Å². The quantitative estimate of drug-likeness (QED) is 0.549. The maximum atomic E-state index is 13.7. The largest absolute Gasteiger partial charge is 0.451 e. The standard InChI is InChI=1S/C20H17F3N4O4S2/c1-26(2)19-25-17-12(33-19)7-13(32-17)18(30)31-9-16(29)27-11-6-4-3-5-10(11)24-15(28)8-14(27)20(21,22)23/h3-7,14H,8-9H2,1-2H3,(H,24,28). The summed E-state index contributed by atoms with van der Waals surface area (Å²) in [5, 5.41) is 3.13. The number of fused-ring (bicyclic) bond motifs is 2. The van der Waals surface area contributed by atoms with Crippen LogP contribution in [0.25, 0.3) is 9.53 Å². The van der Waals surface area contributed by atoms with Crippen LogP contribution in [-0.4, -0.2) is 55.7 Å². The molecule has 1 aromatic carbocycles. The lowest BCUT2D eigenvalue weighted by Crippen LogP contribution is -2.51. The summed E-state index contributed by atoms with van der Waals surface area (Å²) >= 11 is 2.43. The third-order valence-electron chi connectivity index (χ3n) is 4.76. The normalized spacial score (nSPS) is 16.2. The van der Waals surface area contributed by atoms with Gasteiger partial charge in [0.2, 0.25) is 5.91 Å². The van der Waals surface area contributed by atoms with E-state index in [0.29, 0.717) is 9.73 Å². The Balaban J connectivity index is 1.55. The molecule has 4 rings (SSSR count).